The summed E-state index contributed by atoms with van der Waals surface area (Å²) < 4.78 is 0. The van der Waals surface area contributed by atoms with Crippen molar-refractivity contribution in [3.63, 3.8) is 0 Å². The Morgan fingerprint density at radius 2 is 2.06 bits per heavy atom. The minimum Gasteiger partial charge on any atom is -0.392 e. The van der Waals surface area contributed by atoms with Crippen molar-refractivity contribution in [1.82, 2.24) is 9.97 Å². The molecular weight excluding hydrogens is 232 g/mol. The monoisotopic (exact) mass is 246 g/mol. The van der Waals surface area contributed by atoms with Crippen molar-refractivity contribution in [2.24, 2.45) is 0 Å². The molecule has 1 aliphatic rings. The van der Waals surface area contributed by atoms with Crippen LogP contribution in [0.2, 0.25) is 0 Å². The van der Waals surface area contributed by atoms with Gasteiger partial charge in [0.2, 0.25) is 0 Å². The molecule has 1 aromatic heterocycles. The zero-order valence-corrected chi connectivity index (χ0v) is 10.2. The summed E-state index contributed by atoms with van der Waals surface area (Å²) in [4.78, 5) is 8.59. The van der Waals surface area contributed by atoms with Gasteiger partial charge in [-0.05, 0) is 25.3 Å². The van der Waals surface area contributed by atoms with Gasteiger partial charge in [0.1, 0.15) is 11.4 Å². The summed E-state index contributed by atoms with van der Waals surface area (Å²) in [5, 5.41) is 12.2. The molecule has 0 spiro atoms. The van der Waals surface area contributed by atoms with Gasteiger partial charge in [-0.3, -0.25) is 0 Å². The molecule has 2 aromatic rings. The lowest BCUT2D eigenvalue weighted by Gasteiger charge is -2.13. The van der Waals surface area contributed by atoms with Gasteiger partial charge in [-0.15, -0.1) is 0 Å². The van der Waals surface area contributed by atoms with Gasteiger partial charge in [-0.2, -0.15) is 0 Å². The molecule has 3 nitrogen and oxygen atoms in total. The van der Waals surface area contributed by atoms with E-state index in [1.54, 1.807) is 18.1 Å². The molecule has 17 heavy (non-hydrogen) atoms. The standard InChI is InChI=1S/C13H14N2OS/c16-11-6-3-7-12(11)17-13-9-4-1-2-5-10(9)14-8-15-13/h1-2,4-5,8,11-12,16H,3,6-7H2/t11-,12-/m0/s1. The van der Waals surface area contributed by atoms with E-state index in [0.717, 1.165) is 35.2 Å². The lowest BCUT2D eigenvalue weighted by Crippen LogP contribution is -2.15. The van der Waals surface area contributed by atoms with Crippen molar-refractivity contribution >= 4 is 22.7 Å². The highest BCUT2D eigenvalue weighted by atomic mass is 32.2. The first-order valence-corrected chi connectivity index (χ1v) is 6.77. The van der Waals surface area contributed by atoms with Gasteiger partial charge in [0, 0.05) is 10.6 Å². The summed E-state index contributed by atoms with van der Waals surface area (Å²) >= 11 is 1.69. The lowest BCUT2D eigenvalue weighted by atomic mass is 10.2. The Morgan fingerprint density at radius 3 is 2.88 bits per heavy atom. The summed E-state index contributed by atoms with van der Waals surface area (Å²) in [6.07, 6.45) is 4.52. The summed E-state index contributed by atoms with van der Waals surface area (Å²) in [6.45, 7) is 0. The van der Waals surface area contributed by atoms with Crippen LogP contribution in [0.25, 0.3) is 10.9 Å². The summed E-state index contributed by atoms with van der Waals surface area (Å²) in [6, 6.07) is 8.01. The fourth-order valence-corrected chi connectivity index (χ4v) is 3.53. The number of rotatable bonds is 2. The maximum absolute atomic E-state index is 9.86. The smallest absolute Gasteiger partial charge is 0.117 e. The SMILES string of the molecule is O[C@H]1CCC[C@@H]1Sc1ncnc2ccccc12. The van der Waals surface area contributed by atoms with Crippen LogP contribution in [-0.2, 0) is 0 Å². The van der Waals surface area contributed by atoms with Gasteiger partial charge >= 0.3 is 0 Å². The van der Waals surface area contributed by atoms with Crippen molar-refractivity contribution in [3.8, 4) is 0 Å². The van der Waals surface area contributed by atoms with Gasteiger partial charge in [0.25, 0.3) is 0 Å². The quantitative estimate of drug-likeness (QED) is 0.827. The van der Waals surface area contributed by atoms with Crippen LogP contribution in [0.3, 0.4) is 0 Å². The highest BCUT2D eigenvalue weighted by Crippen LogP contribution is 2.36. The van der Waals surface area contributed by atoms with Crippen LogP contribution >= 0.6 is 11.8 Å². The van der Waals surface area contributed by atoms with Crippen LogP contribution in [0.5, 0.6) is 0 Å². The van der Waals surface area contributed by atoms with Crippen LogP contribution in [0.15, 0.2) is 35.6 Å². The number of nitrogens with zero attached hydrogens (tertiary/aromatic N) is 2. The van der Waals surface area contributed by atoms with E-state index in [1.165, 1.54) is 0 Å². The van der Waals surface area contributed by atoms with E-state index >= 15 is 0 Å². The molecule has 0 aliphatic heterocycles. The van der Waals surface area contributed by atoms with Crippen LogP contribution in [0.4, 0.5) is 0 Å². The summed E-state index contributed by atoms with van der Waals surface area (Å²) in [7, 11) is 0. The number of fused-ring (bicyclic) bond motifs is 1. The maximum atomic E-state index is 9.86. The minimum atomic E-state index is -0.186. The number of benzene rings is 1. The Bertz CT molecular complexity index is 526. The number of thioether (sulfide) groups is 1. The zero-order valence-electron chi connectivity index (χ0n) is 9.41. The Hall–Kier alpha value is -1.13. The molecule has 1 aliphatic carbocycles. The average Bonchev–Trinajstić information content (AvgIpc) is 2.76. The first-order chi connectivity index (χ1) is 8.34. The number of hydrogen-bond donors (Lipinski definition) is 1. The zero-order chi connectivity index (χ0) is 11.7. The molecule has 0 bridgehead atoms. The molecule has 0 amide bonds. The molecule has 3 rings (SSSR count). The van der Waals surface area contributed by atoms with E-state index < -0.39 is 0 Å². The van der Waals surface area contributed by atoms with Crippen molar-refractivity contribution in [2.45, 2.75) is 35.6 Å². The normalized spacial score (nSPS) is 24.3. The number of aliphatic hydroxyl groups excluding tert-OH is 1. The minimum absolute atomic E-state index is 0.186. The predicted molar refractivity (Wildman–Crippen MR) is 69.0 cm³/mol. The van der Waals surface area contributed by atoms with Crippen LogP contribution in [0.1, 0.15) is 19.3 Å². The van der Waals surface area contributed by atoms with Gasteiger partial charge in [0.15, 0.2) is 0 Å². The average molecular weight is 246 g/mol. The summed E-state index contributed by atoms with van der Waals surface area (Å²) in [5.74, 6) is 0. The number of aliphatic hydroxyl groups is 1. The molecular formula is C13H14N2OS. The molecule has 0 saturated heterocycles. The molecule has 1 heterocycles. The topological polar surface area (TPSA) is 46.0 Å². The second-order valence-corrected chi connectivity index (χ2v) is 5.58. The number of aromatic nitrogens is 2. The van der Waals surface area contributed by atoms with E-state index in [0.29, 0.717) is 0 Å². The third kappa shape index (κ3) is 2.15. The molecule has 2 atom stereocenters. The second-order valence-electron chi connectivity index (χ2n) is 4.35. The van der Waals surface area contributed by atoms with Crippen LogP contribution in [-0.4, -0.2) is 26.4 Å². The predicted octanol–water partition coefficient (Wildman–Crippen LogP) is 2.64. The van der Waals surface area contributed by atoms with Gasteiger partial charge < -0.3 is 5.11 Å². The van der Waals surface area contributed by atoms with Crippen molar-refractivity contribution in [1.29, 1.82) is 0 Å². The van der Waals surface area contributed by atoms with Crippen LogP contribution in [0, 0.1) is 0 Å². The molecule has 1 saturated carbocycles. The van der Waals surface area contributed by atoms with Crippen molar-refractivity contribution in [2.75, 3.05) is 0 Å². The Morgan fingerprint density at radius 1 is 1.18 bits per heavy atom. The fraction of sp³-hybridized carbons (Fsp3) is 0.385. The summed E-state index contributed by atoms with van der Waals surface area (Å²) in [5.41, 5.74) is 0.970. The van der Waals surface area contributed by atoms with Gasteiger partial charge in [0.05, 0.1) is 11.6 Å². The van der Waals surface area contributed by atoms with Gasteiger partial charge in [-0.1, -0.05) is 30.0 Å². The molecule has 1 fully saturated rings. The molecule has 0 unspecified atom stereocenters. The second kappa shape index (κ2) is 4.63. The lowest BCUT2D eigenvalue weighted by molar-refractivity contribution is 0.188. The van der Waals surface area contributed by atoms with Gasteiger partial charge in [-0.25, -0.2) is 9.97 Å². The van der Waals surface area contributed by atoms with Crippen molar-refractivity contribution < 1.29 is 5.11 Å². The van der Waals surface area contributed by atoms with E-state index in [2.05, 4.69) is 9.97 Å². The maximum Gasteiger partial charge on any atom is 0.117 e. The number of hydrogen-bond acceptors (Lipinski definition) is 4. The molecule has 0 radical (unpaired) electrons. The number of para-hydroxylation sites is 1. The first kappa shape index (κ1) is 11.0. The van der Waals surface area contributed by atoms with E-state index in [4.69, 9.17) is 0 Å². The first-order valence-electron chi connectivity index (χ1n) is 5.89. The largest absolute Gasteiger partial charge is 0.392 e. The third-order valence-corrected chi connectivity index (χ3v) is 4.59. The molecule has 88 valence electrons. The highest BCUT2D eigenvalue weighted by Gasteiger charge is 2.26. The third-order valence-electron chi connectivity index (χ3n) is 3.19. The molecule has 1 N–H and O–H groups in total. The fourth-order valence-electron chi connectivity index (χ4n) is 2.26. The van der Waals surface area contributed by atoms with Crippen molar-refractivity contribution in [3.05, 3.63) is 30.6 Å². The Labute approximate surface area is 104 Å². The highest BCUT2D eigenvalue weighted by molar-refractivity contribution is 8.00. The van der Waals surface area contributed by atoms with E-state index in [1.807, 2.05) is 24.3 Å². The molecule has 4 heteroatoms. The Kier molecular flexibility index (Phi) is 2.99. The molecule has 1 aromatic carbocycles. The van der Waals surface area contributed by atoms with E-state index in [9.17, 15) is 5.11 Å². The van der Waals surface area contributed by atoms with E-state index in [-0.39, 0.29) is 11.4 Å². The Balaban J connectivity index is 1.94. The van der Waals surface area contributed by atoms with Crippen LogP contribution < -0.4 is 0 Å².